The average molecular weight is 343 g/mol. The fourth-order valence-corrected chi connectivity index (χ4v) is 2.92. The number of anilines is 1. The molecule has 0 fully saturated rings. The van der Waals surface area contributed by atoms with Crippen molar-refractivity contribution in [2.45, 2.75) is 0 Å². The maximum atomic E-state index is 10.9. The van der Waals surface area contributed by atoms with Crippen LogP contribution in [0.4, 0.5) is 11.4 Å². The highest BCUT2D eigenvalue weighted by atomic mass is 79.9. The number of rotatable bonds is 3. The summed E-state index contributed by atoms with van der Waals surface area (Å²) in [7, 11) is 0. The molecule has 8 heteroatoms. The van der Waals surface area contributed by atoms with Gasteiger partial charge in [-0.2, -0.15) is 0 Å². The largest absolute Gasteiger partial charge is 0.477 e. The molecule has 0 amide bonds. The molecule has 0 saturated carbocycles. The third-order valence-electron chi connectivity index (χ3n) is 2.33. The third kappa shape index (κ3) is 2.74. The molecule has 0 spiro atoms. The maximum Gasteiger partial charge on any atom is 0.348 e. The predicted molar refractivity (Wildman–Crippen MR) is 75.5 cm³/mol. The quantitative estimate of drug-likeness (QED) is 0.656. The van der Waals surface area contributed by atoms with E-state index in [0.29, 0.717) is 14.9 Å². The number of nitrogens with two attached hydrogens (primary N) is 1. The molecule has 0 aliphatic rings. The summed E-state index contributed by atoms with van der Waals surface area (Å²) in [5, 5.41) is 19.7. The number of hydrogen-bond donors (Lipinski definition) is 2. The van der Waals surface area contributed by atoms with Gasteiger partial charge in [0, 0.05) is 21.5 Å². The van der Waals surface area contributed by atoms with Gasteiger partial charge in [-0.25, -0.2) is 4.79 Å². The van der Waals surface area contributed by atoms with Gasteiger partial charge in [-0.05, 0) is 17.7 Å². The Morgan fingerprint density at radius 2 is 2.05 bits per heavy atom. The first-order valence-corrected chi connectivity index (χ1v) is 6.57. The highest BCUT2D eigenvalue weighted by Gasteiger charge is 2.16. The second-order valence-electron chi connectivity index (χ2n) is 3.66. The summed E-state index contributed by atoms with van der Waals surface area (Å²) in [5.74, 6) is -1.11. The number of benzene rings is 1. The number of nitrogens with zero attached hydrogens (tertiary/aromatic N) is 1. The van der Waals surface area contributed by atoms with E-state index in [9.17, 15) is 14.9 Å². The van der Waals surface area contributed by atoms with E-state index in [1.165, 1.54) is 18.2 Å². The number of nitro benzene ring substituents is 1. The van der Waals surface area contributed by atoms with Crippen LogP contribution in [-0.2, 0) is 0 Å². The van der Waals surface area contributed by atoms with Crippen LogP contribution in [0.1, 0.15) is 9.67 Å². The van der Waals surface area contributed by atoms with Gasteiger partial charge in [0.2, 0.25) is 0 Å². The van der Waals surface area contributed by atoms with Crippen molar-refractivity contribution in [1.29, 1.82) is 0 Å². The highest BCUT2D eigenvalue weighted by molar-refractivity contribution is 9.10. The summed E-state index contributed by atoms with van der Waals surface area (Å²) in [6.45, 7) is 0. The number of carbonyl (C=O) groups is 1. The van der Waals surface area contributed by atoms with Crippen molar-refractivity contribution in [3.05, 3.63) is 43.7 Å². The molecule has 1 aromatic carbocycles. The van der Waals surface area contributed by atoms with Gasteiger partial charge in [0.15, 0.2) is 0 Å². The first kappa shape index (κ1) is 13.5. The zero-order chi connectivity index (χ0) is 14.2. The molecule has 6 nitrogen and oxygen atoms in total. The molecular formula is C11H7BrN2O4S. The summed E-state index contributed by atoms with van der Waals surface area (Å²) in [6, 6.07) is 5.92. The number of nitro groups is 1. The molecule has 98 valence electrons. The maximum absolute atomic E-state index is 10.9. The van der Waals surface area contributed by atoms with Gasteiger partial charge in [0.1, 0.15) is 4.88 Å². The van der Waals surface area contributed by atoms with Crippen LogP contribution in [0.3, 0.4) is 0 Å². The lowest BCUT2D eigenvalue weighted by atomic mass is 10.1. The number of hydrogen-bond acceptors (Lipinski definition) is 5. The van der Waals surface area contributed by atoms with Crippen LogP contribution in [0.2, 0.25) is 0 Å². The number of carboxylic acid groups (broad SMARTS) is 1. The van der Waals surface area contributed by atoms with E-state index in [1.807, 2.05) is 0 Å². The normalized spacial score (nSPS) is 10.4. The Labute approximate surface area is 119 Å². The Balaban J connectivity index is 2.55. The molecule has 0 unspecified atom stereocenters. The third-order valence-corrected chi connectivity index (χ3v) is 3.98. The Kier molecular flexibility index (Phi) is 3.54. The lowest BCUT2D eigenvalue weighted by Gasteiger charge is -1.99. The molecule has 0 aliphatic carbocycles. The van der Waals surface area contributed by atoms with E-state index in [4.69, 9.17) is 10.8 Å². The Hall–Kier alpha value is -1.93. The lowest BCUT2D eigenvalue weighted by Crippen LogP contribution is -1.96. The number of non-ortho nitro benzene ring substituents is 1. The predicted octanol–water partition coefficient (Wildman–Crippen LogP) is 3.37. The molecule has 0 bridgehead atoms. The van der Waals surface area contributed by atoms with E-state index >= 15 is 0 Å². The van der Waals surface area contributed by atoms with Crippen LogP contribution >= 0.6 is 27.3 Å². The minimum absolute atomic E-state index is 0.0256. The van der Waals surface area contributed by atoms with E-state index < -0.39 is 10.9 Å². The number of carboxylic acids is 1. The van der Waals surface area contributed by atoms with Crippen molar-refractivity contribution in [2.24, 2.45) is 0 Å². The molecule has 19 heavy (non-hydrogen) atoms. The summed E-state index contributed by atoms with van der Waals surface area (Å²) in [4.78, 5) is 21.8. The summed E-state index contributed by atoms with van der Waals surface area (Å²) in [5.41, 5.74) is 6.22. The van der Waals surface area contributed by atoms with Crippen LogP contribution in [-0.4, -0.2) is 16.0 Å². The number of halogens is 1. The SMILES string of the molecule is Nc1cc(-c2cc(Br)cc([N+](=O)[O-])c2)sc1C(=O)O. The molecule has 0 saturated heterocycles. The van der Waals surface area contributed by atoms with Crippen LogP contribution in [0.25, 0.3) is 10.4 Å². The van der Waals surface area contributed by atoms with Gasteiger partial charge in [-0.1, -0.05) is 15.9 Å². The van der Waals surface area contributed by atoms with Crippen LogP contribution in [0, 0.1) is 10.1 Å². The number of aromatic carboxylic acids is 1. The zero-order valence-electron chi connectivity index (χ0n) is 9.29. The molecule has 0 atom stereocenters. The summed E-state index contributed by atoms with van der Waals surface area (Å²) in [6.07, 6.45) is 0. The molecule has 2 aromatic rings. The highest BCUT2D eigenvalue weighted by Crippen LogP contribution is 2.36. The topological polar surface area (TPSA) is 106 Å². The minimum Gasteiger partial charge on any atom is -0.477 e. The van der Waals surface area contributed by atoms with Crippen molar-refractivity contribution in [1.82, 2.24) is 0 Å². The molecule has 0 radical (unpaired) electrons. The lowest BCUT2D eigenvalue weighted by molar-refractivity contribution is -0.384. The Morgan fingerprint density at radius 3 is 2.58 bits per heavy atom. The van der Waals surface area contributed by atoms with Crippen molar-refractivity contribution in [3.8, 4) is 10.4 Å². The molecule has 3 N–H and O–H groups in total. The van der Waals surface area contributed by atoms with Crippen LogP contribution < -0.4 is 5.73 Å². The van der Waals surface area contributed by atoms with Crippen LogP contribution in [0.5, 0.6) is 0 Å². The van der Waals surface area contributed by atoms with Gasteiger partial charge in [0.25, 0.3) is 5.69 Å². The van der Waals surface area contributed by atoms with Crippen LogP contribution in [0.15, 0.2) is 28.7 Å². The van der Waals surface area contributed by atoms with Gasteiger partial charge in [-0.15, -0.1) is 11.3 Å². The first-order valence-electron chi connectivity index (χ1n) is 4.96. The fraction of sp³-hybridized carbons (Fsp3) is 0. The number of thiophene rings is 1. The molecule has 2 rings (SSSR count). The summed E-state index contributed by atoms with van der Waals surface area (Å²) < 4.78 is 0.542. The Bertz CT molecular complexity index is 683. The standard InChI is InChI=1S/C11H7BrN2O4S/c12-6-1-5(2-7(3-6)14(17)18)9-4-8(13)10(19-9)11(15)16/h1-4H,13H2,(H,15,16). The first-order chi connectivity index (χ1) is 8.88. The van der Waals surface area contributed by atoms with Gasteiger partial charge in [0.05, 0.1) is 10.6 Å². The van der Waals surface area contributed by atoms with E-state index in [0.717, 1.165) is 11.3 Å². The van der Waals surface area contributed by atoms with Gasteiger partial charge >= 0.3 is 5.97 Å². The second-order valence-corrected chi connectivity index (χ2v) is 5.62. The van der Waals surface area contributed by atoms with Crippen molar-refractivity contribution in [2.75, 3.05) is 5.73 Å². The molecule has 0 aliphatic heterocycles. The molecule has 1 heterocycles. The zero-order valence-corrected chi connectivity index (χ0v) is 11.7. The van der Waals surface area contributed by atoms with E-state index in [1.54, 1.807) is 6.07 Å². The fourth-order valence-electron chi connectivity index (χ4n) is 1.54. The minimum atomic E-state index is -1.11. The molecular weight excluding hydrogens is 336 g/mol. The average Bonchev–Trinajstić information content (AvgIpc) is 2.70. The van der Waals surface area contributed by atoms with E-state index in [-0.39, 0.29) is 16.3 Å². The number of nitrogen functional groups attached to an aromatic ring is 1. The molecule has 1 aromatic heterocycles. The smallest absolute Gasteiger partial charge is 0.348 e. The monoisotopic (exact) mass is 342 g/mol. The summed E-state index contributed by atoms with van der Waals surface area (Å²) >= 11 is 4.17. The van der Waals surface area contributed by atoms with Gasteiger partial charge in [-0.3, -0.25) is 10.1 Å². The van der Waals surface area contributed by atoms with Crippen molar-refractivity contribution >= 4 is 44.6 Å². The van der Waals surface area contributed by atoms with Crippen molar-refractivity contribution < 1.29 is 14.8 Å². The Morgan fingerprint density at radius 1 is 1.37 bits per heavy atom. The van der Waals surface area contributed by atoms with E-state index in [2.05, 4.69) is 15.9 Å². The van der Waals surface area contributed by atoms with Gasteiger partial charge < -0.3 is 10.8 Å². The van der Waals surface area contributed by atoms with Crippen molar-refractivity contribution in [3.63, 3.8) is 0 Å². The second kappa shape index (κ2) is 4.98.